The largest absolute Gasteiger partial charge is 0.339 e. The highest BCUT2D eigenvalue weighted by atomic mass is 35.5. The van der Waals surface area contributed by atoms with Gasteiger partial charge in [-0.3, -0.25) is 9.59 Å². The Morgan fingerprint density at radius 1 is 1.09 bits per heavy atom. The maximum Gasteiger partial charge on any atom is 0.254 e. The molecule has 2 aromatic carbocycles. The van der Waals surface area contributed by atoms with Crippen molar-refractivity contribution in [1.29, 1.82) is 0 Å². The number of piperidine rings is 1. The molecule has 1 aliphatic heterocycles. The number of H-pyrrole nitrogens is 1. The van der Waals surface area contributed by atoms with Crippen molar-refractivity contribution in [3.8, 4) is 0 Å². The van der Waals surface area contributed by atoms with Gasteiger partial charge >= 0.3 is 0 Å². The Labute approximate surface area is 200 Å². The van der Waals surface area contributed by atoms with E-state index in [1.54, 1.807) is 18.3 Å². The van der Waals surface area contributed by atoms with Crippen molar-refractivity contribution in [3.05, 3.63) is 98.3 Å². The number of hydrogen-bond donors (Lipinski definition) is 1. The fraction of sp³-hybridized carbons (Fsp3) is 0.240. The van der Waals surface area contributed by atoms with Gasteiger partial charge in [-0.15, -0.1) is 0 Å². The molecule has 2 aromatic heterocycles. The molecule has 0 unspecified atom stereocenters. The van der Waals surface area contributed by atoms with Crippen molar-refractivity contribution in [3.63, 3.8) is 0 Å². The van der Waals surface area contributed by atoms with E-state index in [2.05, 4.69) is 14.5 Å². The minimum absolute atomic E-state index is 0.107. The summed E-state index contributed by atoms with van der Waals surface area (Å²) in [7, 11) is 0. The molecule has 0 bridgehead atoms. The quantitative estimate of drug-likeness (QED) is 0.441. The summed E-state index contributed by atoms with van der Waals surface area (Å²) in [5.41, 5.74) is 1.79. The van der Waals surface area contributed by atoms with E-state index in [-0.39, 0.29) is 17.4 Å². The number of amides is 1. The first kappa shape index (κ1) is 21.7. The molecule has 0 aliphatic carbocycles. The van der Waals surface area contributed by atoms with Gasteiger partial charge in [-0.2, -0.15) is 0 Å². The minimum atomic E-state index is -0.270. The maximum atomic E-state index is 13.3. The van der Waals surface area contributed by atoms with Gasteiger partial charge in [0.05, 0.1) is 12.1 Å². The SMILES string of the molecule is O=C(c1cc(=O)[nH]c2ccccc12)N1CCC(c2nccn2Cc2cc(Cl)ccc2Cl)CC1. The van der Waals surface area contributed by atoms with Gasteiger partial charge in [0.25, 0.3) is 5.91 Å². The van der Waals surface area contributed by atoms with Crippen LogP contribution in [0.5, 0.6) is 0 Å². The number of aromatic amines is 1. The summed E-state index contributed by atoms with van der Waals surface area (Å²) in [6, 6.07) is 14.2. The molecule has 5 rings (SSSR count). The van der Waals surface area contributed by atoms with E-state index in [9.17, 15) is 9.59 Å². The summed E-state index contributed by atoms with van der Waals surface area (Å²) in [5, 5.41) is 2.08. The Bertz CT molecular complexity index is 1390. The maximum absolute atomic E-state index is 13.3. The highest BCUT2D eigenvalue weighted by Crippen LogP contribution is 2.30. The van der Waals surface area contributed by atoms with Crippen LogP contribution in [0.15, 0.2) is 65.7 Å². The lowest BCUT2D eigenvalue weighted by Crippen LogP contribution is -2.38. The number of imidazole rings is 1. The van der Waals surface area contributed by atoms with Gasteiger partial charge in [-0.05, 0) is 42.7 Å². The van der Waals surface area contributed by atoms with Crippen molar-refractivity contribution >= 4 is 40.0 Å². The molecule has 8 heteroatoms. The van der Waals surface area contributed by atoms with Gasteiger partial charge in [0.2, 0.25) is 5.56 Å². The van der Waals surface area contributed by atoms with Crippen LogP contribution in [0.2, 0.25) is 10.0 Å². The predicted octanol–water partition coefficient (Wildman–Crippen LogP) is 5.10. The number of pyridine rings is 1. The molecule has 6 nitrogen and oxygen atoms in total. The van der Waals surface area contributed by atoms with E-state index < -0.39 is 0 Å². The van der Waals surface area contributed by atoms with Crippen LogP contribution in [-0.4, -0.2) is 38.4 Å². The third-order valence-electron chi connectivity index (χ3n) is 6.22. The Morgan fingerprint density at radius 3 is 2.70 bits per heavy atom. The second kappa shape index (κ2) is 9.04. The number of halogens is 2. The summed E-state index contributed by atoms with van der Waals surface area (Å²) in [6.45, 7) is 1.80. The number of carbonyl (C=O) groups excluding carboxylic acids is 1. The molecule has 0 radical (unpaired) electrons. The molecule has 0 spiro atoms. The van der Waals surface area contributed by atoms with Crippen molar-refractivity contribution < 1.29 is 4.79 Å². The van der Waals surface area contributed by atoms with Crippen molar-refractivity contribution in [2.24, 2.45) is 0 Å². The van der Waals surface area contributed by atoms with Crippen LogP contribution in [0.3, 0.4) is 0 Å². The van der Waals surface area contributed by atoms with Gasteiger partial charge < -0.3 is 14.5 Å². The van der Waals surface area contributed by atoms with Crippen LogP contribution in [0.1, 0.15) is 40.5 Å². The number of aromatic nitrogens is 3. The molecule has 1 aliphatic rings. The Balaban J connectivity index is 1.32. The van der Waals surface area contributed by atoms with Crippen LogP contribution in [0.25, 0.3) is 10.9 Å². The molecule has 33 heavy (non-hydrogen) atoms. The number of nitrogens with zero attached hydrogens (tertiary/aromatic N) is 3. The van der Waals surface area contributed by atoms with E-state index in [1.807, 2.05) is 41.4 Å². The molecule has 1 fully saturated rings. The smallest absolute Gasteiger partial charge is 0.254 e. The monoisotopic (exact) mass is 480 g/mol. The first-order chi connectivity index (χ1) is 16.0. The molecular weight excluding hydrogens is 459 g/mol. The number of likely N-dealkylation sites (tertiary alicyclic amines) is 1. The third-order valence-corrected chi connectivity index (χ3v) is 6.83. The molecule has 1 saturated heterocycles. The van der Waals surface area contributed by atoms with Crippen molar-refractivity contribution in [2.45, 2.75) is 25.3 Å². The lowest BCUT2D eigenvalue weighted by molar-refractivity contribution is 0.0712. The summed E-state index contributed by atoms with van der Waals surface area (Å²) in [4.78, 5) is 34.6. The number of fused-ring (bicyclic) bond motifs is 1. The van der Waals surface area contributed by atoms with Gasteiger partial charge in [0, 0.05) is 58.4 Å². The van der Waals surface area contributed by atoms with Gasteiger partial charge in [0.15, 0.2) is 0 Å². The zero-order valence-electron chi connectivity index (χ0n) is 17.8. The van der Waals surface area contributed by atoms with Gasteiger partial charge in [-0.25, -0.2) is 4.98 Å². The van der Waals surface area contributed by atoms with Crippen molar-refractivity contribution in [1.82, 2.24) is 19.4 Å². The highest BCUT2D eigenvalue weighted by Gasteiger charge is 2.28. The number of carbonyl (C=O) groups is 1. The molecule has 1 N–H and O–H groups in total. The minimum Gasteiger partial charge on any atom is -0.339 e. The molecule has 0 saturated carbocycles. The predicted molar refractivity (Wildman–Crippen MR) is 130 cm³/mol. The fourth-order valence-electron chi connectivity index (χ4n) is 4.56. The summed E-state index contributed by atoms with van der Waals surface area (Å²) >= 11 is 12.5. The Hall–Kier alpha value is -3.09. The molecule has 0 atom stereocenters. The number of rotatable bonds is 4. The van der Waals surface area contributed by atoms with E-state index in [4.69, 9.17) is 23.2 Å². The average Bonchev–Trinajstić information content (AvgIpc) is 3.28. The van der Waals surface area contributed by atoms with E-state index in [0.717, 1.165) is 29.6 Å². The normalized spacial score (nSPS) is 14.7. The van der Waals surface area contributed by atoms with E-state index in [0.29, 0.717) is 40.8 Å². The number of hydrogen-bond acceptors (Lipinski definition) is 3. The second-order valence-electron chi connectivity index (χ2n) is 8.31. The first-order valence-electron chi connectivity index (χ1n) is 10.9. The lowest BCUT2D eigenvalue weighted by Gasteiger charge is -2.32. The topological polar surface area (TPSA) is 71.0 Å². The zero-order valence-corrected chi connectivity index (χ0v) is 19.3. The number of para-hydroxylation sites is 1. The fourth-order valence-corrected chi connectivity index (χ4v) is 4.93. The lowest BCUT2D eigenvalue weighted by atomic mass is 9.95. The van der Waals surface area contributed by atoms with E-state index >= 15 is 0 Å². The molecule has 168 valence electrons. The Kier molecular flexibility index (Phi) is 5.96. The number of nitrogens with one attached hydrogen (secondary N) is 1. The van der Waals surface area contributed by atoms with Gasteiger partial charge in [-0.1, -0.05) is 41.4 Å². The molecule has 4 aromatic rings. The molecule has 3 heterocycles. The summed E-state index contributed by atoms with van der Waals surface area (Å²) < 4.78 is 2.10. The molecular formula is C25H22Cl2N4O2. The zero-order chi connectivity index (χ0) is 22.9. The van der Waals surface area contributed by atoms with Crippen LogP contribution in [0, 0.1) is 0 Å². The summed E-state index contributed by atoms with van der Waals surface area (Å²) in [5.74, 6) is 1.11. The van der Waals surface area contributed by atoms with E-state index in [1.165, 1.54) is 6.07 Å². The van der Waals surface area contributed by atoms with Crippen LogP contribution in [0.4, 0.5) is 0 Å². The number of benzene rings is 2. The van der Waals surface area contributed by atoms with Crippen LogP contribution in [-0.2, 0) is 6.54 Å². The van der Waals surface area contributed by atoms with Crippen LogP contribution < -0.4 is 5.56 Å². The first-order valence-corrected chi connectivity index (χ1v) is 11.6. The highest BCUT2D eigenvalue weighted by molar-refractivity contribution is 6.33. The molecule has 1 amide bonds. The van der Waals surface area contributed by atoms with Crippen LogP contribution >= 0.6 is 23.2 Å². The standard InChI is InChI=1S/C25H22Cl2N4O2/c26-18-5-6-21(27)17(13-18)15-31-12-9-28-24(31)16-7-10-30(11-8-16)25(33)20-14-23(32)29-22-4-2-1-3-19(20)22/h1-6,9,12-14,16H,7-8,10-11,15H2,(H,29,32). The second-order valence-corrected chi connectivity index (χ2v) is 9.15. The van der Waals surface area contributed by atoms with Crippen molar-refractivity contribution in [2.75, 3.05) is 13.1 Å². The third kappa shape index (κ3) is 4.41. The summed E-state index contributed by atoms with van der Waals surface area (Å²) in [6.07, 6.45) is 5.35. The van der Waals surface area contributed by atoms with Gasteiger partial charge in [0.1, 0.15) is 5.82 Å². The average molecular weight is 481 g/mol. The Morgan fingerprint density at radius 2 is 1.88 bits per heavy atom.